The first-order valence-corrected chi connectivity index (χ1v) is 9.30. The van der Waals surface area contributed by atoms with Crippen molar-refractivity contribution in [2.45, 2.75) is 6.92 Å². The van der Waals surface area contributed by atoms with Gasteiger partial charge in [-0.05, 0) is 43.3 Å². The first-order chi connectivity index (χ1) is 14.3. The third kappa shape index (κ3) is 4.18. The van der Waals surface area contributed by atoms with Crippen LogP contribution in [0.25, 0.3) is 17.4 Å². The number of esters is 1. The summed E-state index contributed by atoms with van der Waals surface area (Å²) in [5.74, 6) is -1.54. The van der Waals surface area contributed by atoms with E-state index in [0.717, 1.165) is 4.90 Å². The highest BCUT2D eigenvalue weighted by Gasteiger charge is 2.35. The first-order valence-electron chi connectivity index (χ1n) is 8.92. The minimum Gasteiger partial charge on any atom is -0.462 e. The Hall–Kier alpha value is -3.65. The zero-order valence-corrected chi connectivity index (χ0v) is 16.7. The van der Waals surface area contributed by atoms with Crippen molar-refractivity contribution in [3.63, 3.8) is 0 Å². The van der Waals surface area contributed by atoms with E-state index in [2.05, 4.69) is 11.9 Å². The van der Waals surface area contributed by atoms with Gasteiger partial charge in [-0.1, -0.05) is 17.7 Å². The lowest BCUT2D eigenvalue weighted by atomic mass is 10.1. The van der Waals surface area contributed by atoms with Gasteiger partial charge in [-0.3, -0.25) is 19.8 Å². The number of urea groups is 1. The van der Waals surface area contributed by atoms with E-state index in [9.17, 15) is 19.2 Å². The average Bonchev–Trinajstić information content (AvgIpc) is 3.17. The van der Waals surface area contributed by atoms with Gasteiger partial charge in [0.15, 0.2) is 0 Å². The number of furan rings is 1. The zero-order valence-electron chi connectivity index (χ0n) is 15.9. The van der Waals surface area contributed by atoms with Gasteiger partial charge >= 0.3 is 12.0 Å². The highest BCUT2D eigenvalue weighted by Crippen LogP contribution is 2.28. The van der Waals surface area contributed by atoms with E-state index in [4.69, 9.17) is 20.8 Å². The molecule has 0 bridgehead atoms. The Balaban J connectivity index is 1.91. The lowest BCUT2D eigenvalue weighted by molar-refractivity contribution is -0.129. The SMILES string of the molecule is C=CCN1C(=O)NC(=O)/C(=C/c2ccc(-c3ccc(Cl)c(C(=O)OCC)c3)o2)C1=O. The fourth-order valence-electron chi connectivity index (χ4n) is 2.76. The number of benzene rings is 1. The van der Waals surface area contributed by atoms with Gasteiger partial charge in [0.25, 0.3) is 11.8 Å². The zero-order chi connectivity index (χ0) is 21.8. The van der Waals surface area contributed by atoms with Crippen LogP contribution in [0.1, 0.15) is 23.0 Å². The van der Waals surface area contributed by atoms with Crippen molar-refractivity contribution in [3.05, 3.63) is 64.9 Å². The van der Waals surface area contributed by atoms with Crippen LogP contribution in [0.2, 0.25) is 5.02 Å². The van der Waals surface area contributed by atoms with Crippen molar-refractivity contribution in [3.8, 4) is 11.3 Å². The van der Waals surface area contributed by atoms with Crippen molar-refractivity contribution in [2.75, 3.05) is 13.2 Å². The van der Waals surface area contributed by atoms with Crippen LogP contribution in [0.3, 0.4) is 0 Å². The molecule has 3 rings (SSSR count). The fourth-order valence-corrected chi connectivity index (χ4v) is 2.96. The second-order valence-electron chi connectivity index (χ2n) is 6.14. The van der Waals surface area contributed by atoms with Crippen molar-refractivity contribution in [1.82, 2.24) is 10.2 Å². The summed E-state index contributed by atoms with van der Waals surface area (Å²) in [5.41, 5.74) is 0.489. The third-order valence-corrected chi connectivity index (χ3v) is 4.49. The highest BCUT2D eigenvalue weighted by molar-refractivity contribution is 6.33. The molecule has 1 aliphatic heterocycles. The van der Waals surface area contributed by atoms with Crippen LogP contribution in [0.15, 0.2) is 53.0 Å². The van der Waals surface area contributed by atoms with Crippen LogP contribution in [-0.2, 0) is 14.3 Å². The van der Waals surface area contributed by atoms with E-state index in [1.54, 1.807) is 31.2 Å². The number of nitrogens with zero attached hydrogens (tertiary/aromatic N) is 1. The normalized spacial score (nSPS) is 15.3. The molecule has 0 saturated carbocycles. The number of rotatable bonds is 6. The third-order valence-electron chi connectivity index (χ3n) is 4.16. The molecule has 1 fully saturated rings. The molecule has 30 heavy (non-hydrogen) atoms. The van der Waals surface area contributed by atoms with Gasteiger partial charge in [-0.15, -0.1) is 6.58 Å². The van der Waals surface area contributed by atoms with Gasteiger partial charge in [0, 0.05) is 12.1 Å². The number of carbonyl (C=O) groups is 4. The number of hydrogen-bond donors (Lipinski definition) is 1. The van der Waals surface area contributed by atoms with Crippen molar-refractivity contribution < 1.29 is 28.3 Å². The predicted molar refractivity (Wildman–Crippen MR) is 109 cm³/mol. The van der Waals surface area contributed by atoms with Gasteiger partial charge in [0.1, 0.15) is 17.1 Å². The quantitative estimate of drug-likeness (QED) is 0.327. The van der Waals surface area contributed by atoms with Crippen LogP contribution in [0.4, 0.5) is 4.79 Å². The van der Waals surface area contributed by atoms with E-state index in [0.29, 0.717) is 11.3 Å². The Kier molecular flexibility index (Phi) is 6.17. The number of imide groups is 2. The lowest BCUT2D eigenvalue weighted by Crippen LogP contribution is -2.54. The molecule has 1 saturated heterocycles. The summed E-state index contributed by atoms with van der Waals surface area (Å²) in [7, 11) is 0. The van der Waals surface area contributed by atoms with Crippen LogP contribution >= 0.6 is 11.6 Å². The van der Waals surface area contributed by atoms with E-state index < -0.39 is 23.8 Å². The Morgan fingerprint density at radius 2 is 2.03 bits per heavy atom. The van der Waals surface area contributed by atoms with E-state index in [1.807, 2.05) is 0 Å². The molecule has 154 valence electrons. The highest BCUT2D eigenvalue weighted by atomic mass is 35.5. The maximum Gasteiger partial charge on any atom is 0.339 e. The molecule has 9 heteroatoms. The van der Waals surface area contributed by atoms with Gasteiger partial charge < -0.3 is 9.15 Å². The van der Waals surface area contributed by atoms with E-state index >= 15 is 0 Å². The number of carbonyl (C=O) groups excluding carboxylic acids is 4. The van der Waals surface area contributed by atoms with Crippen molar-refractivity contribution in [2.24, 2.45) is 0 Å². The van der Waals surface area contributed by atoms with E-state index in [1.165, 1.54) is 18.2 Å². The summed E-state index contributed by atoms with van der Waals surface area (Å²) < 4.78 is 10.7. The smallest absolute Gasteiger partial charge is 0.339 e. The molecule has 0 unspecified atom stereocenters. The van der Waals surface area contributed by atoms with Crippen LogP contribution in [0, 0.1) is 0 Å². The molecule has 0 aliphatic carbocycles. The molecule has 1 aromatic carbocycles. The summed E-state index contributed by atoms with van der Waals surface area (Å²) >= 11 is 6.07. The first kappa shape index (κ1) is 21.1. The van der Waals surface area contributed by atoms with Gasteiger partial charge in [-0.25, -0.2) is 9.59 Å². The molecule has 0 radical (unpaired) electrons. The molecule has 1 aromatic heterocycles. The lowest BCUT2D eigenvalue weighted by Gasteiger charge is -2.24. The van der Waals surface area contributed by atoms with Crippen LogP contribution in [0.5, 0.6) is 0 Å². The molecular weight excluding hydrogens is 412 g/mol. The number of halogens is 1. The van der Waals surface area contributed by atoms with Gasteiger partial charge in [0.2, 0.25) is 0 Å². The molecular formula is C21H17ClN2O6. The Morgan fingerprint density at radius 3 is 2.73 bits per heavy atom. The maximum atomic E-state index is 12.5. The van der Waals surface area contributed by atoms with Crippen LogP contribution in [-0.4, -0.2) is 41.9 Å². The van der Waals surface area contributed by atoms with Crippen molar-refractivity contribution in [1.29, 1.82) is 0 Å². The molecule has 1 N–H and O–H groups in total. The maximum absolute atomic E-state index is 12.5. The minimum absolute atomic E-state index is 0.0416. The number of hydrogen-bond acceptors (Lipinski definition) is 6. The number of ether oxygens (including phenoxy) is 1. The summed E-state index contributed by atoms with van der Waals surface area (Å²) in [4.78, 5) is 49.2. The summed E-state index contributed by atoms with van der Waals surface area (Å²) in [6.45, 7) is 5.34. The molecule has 4 amide bonds. The molecule has 2 heterocycles. The largest absolute Gasteiger partial charge is 0.462 e. The number of nitrogens with one attached hydrogen (secondary N) is 1. The fraction of sp³-hybridized carbons (Fsp3) is 0.143. The molecule has 8 nitrogen and oxygen atoms in total. The summed E-state index contributed by atoms with van der Waals surface area (Å²) in [5, 5.41) is 2.33. The standard InChI is InChI=1S/C21H17ClN2O6/c1-3-9-24-19(26)15(18(25)23-21(24)28)11-13-6-8-17(30-13)12-5-7-16(22)14(10-12)20(27)29-4-2/h3,5-8,10-11H,1,4,9H2,2H3,(H,23,25,28)/b15-11-. The van der Waals surface area contributed by atoms with Crippen molar-refractivity contribution >= 4 is 41.5 Å². The monoisotopic (exact) mass is 428 g/mol. The number of barbiturate groups is 1. The summed E-state index contributed by atoms with van der Waals surface area (Å²) in [6, 6.07) is 7.08. The minimum atomic E-state index is -0.820. The Morgan fingerprint density at radius 1 is 1.27 bits per heavy atom. The Bertz CT molecular complexity index is 1080. The topological polar surface area (TPSA) is 106 Å². The second kappa shape index (κ2) is 8.79. The van der Waals surface area contributed by atoms with Gasteiger partial charge in [-0.2, -0.15) is 0 Å². The molecule has 0 spiro atoms. The van der Waals surface area contributed by atoms with Crippen LogP contribution < -0.4 is 5.32 Å². The molecule has 1 aliphatic rings. The van der Waals surface area contributed by atoms with E-state index in [-0.39, 0.29) is 35.1 Å². The molecule has 0 atom stereocenters. The Labute approximate surface area is 176 Å². The second-order valence-corrected chi connectivity index (χ2v) is 6.55. The molecule has 2 aromatic rings. The predicted octanol–water partition coefficient (Wildman–Crippen LogP) is 3.42. The summed E-state index contributed by atoms with van der Waals surface area (Å²) in [6.07, 6.45) is 2.61. The van der Waals surface area contributed by atoms with Gasteiger partial charge in [0.05, 0.1) is 17.2 Å². The average molecular weight is 429 g/mol. The number of amides is 4.